The topological polar surface area (TPSA) is 68.3 Å². The molecule has 4 nitrogen and oxygen atoms in total. The molecule has 3 N–H and O–H groups in total. The Morgan fingerprint density at radius 2 is 2.25 bits per heavy atom. The standard InChI is InChI=1S/C11H15BrN2O2/c1-7(6-15-2)16-8-3-4-9(11(13)14)10(12)5-8/h3-5,7H,6H2,1-2H3,(H3,13,14). The second-order valence-electron chi connectivity index (χ2n) is 3.44. The fraction of sp³-hybridized carbons (Fsp3) is 0.364. The predicted octanol–water partition coefficient (Wildman–Crippen LogP) is 2.15. The van der Waals surface area contributed by atoms with Crippen LogP contribution >= 0.6 is 15.9 Å². The normalized spacial score (nSPS) is 12.2. The Labute approximate surface area is 103 Å². The molecule has 0 saturated heterocycles. The van der Waals surface area contributed by atoms with Gasteiger partial charge in [0.2, 0.25) is 0 Å². The summed E-state index contributed by atoms with van der Waals surface area (Å²) in [5.41, 5.74) is 6.07. The molecule has 1 aromatic rings. The van der Waals surface area contributed by atoms with Gasteiger partial charge in [0, 0.05) is 17.1 Å². The minimum absolute atomic E-state index is 0.0138. The zero-order valence-corrected chi connectivity index (χ0v) is 10.9. The van der Waals surface area contributed by atoms with E-state index in [1.807, 2.05) is 6.92 Å². The van der Waals surface area contributed by atoms with Crippen molar-refractivity contribution in [2.75, 3.05) is 13.7 Å². The molecule has 0 radical (unpaired) electrons. The largest absolute Gasteiger partial charge is 0.488 e. The second kappa shape index (κ2) is 5.86. The van der Waals surface area contributed by atoms with E-state index in [0.29, 0.717) is 12.2 Å². The van der Waals surface area contributed by atoms with Crippen LogP contribution in [-0.4, -0.2) is 25.7 Å². The van der Waals surface area contributed by atoms with Crippen LogP contribution in [0, 0.1) is 5.41 Å². The first kappa shape index (κ1) is 13.0. The van der Waals surface area contributed by atoms with Gasteiger partial charge in [-0.3, -0.25) is 5.41 Å². The average Bonchev–Trinajstić information content (AvgIpc) is 2.17. The Morgan fingerprint density at radius 1 is 1.56 bits per heavy atom. The van der Waals surface area contributed by atoms with E-state index < -0.39 is 0 Å². The van der Waals surface area contributed by atoms with E-state index in [0.717, 1.165) is 10.2 Å². The number of nitrogen functional groups attached to an aromatic ring is 1. The van der Waals surface area contributed by atoms with Gasteiger partial charge in [-0.15, -0.1) is 0 Å². The van der Waals surface area contributed by atoms with Crippen molar-refractivity contribution in [2.24, 2.45) is 5.73 Å². The summed E-state index contributed by atoms with van der Waals surface area (Å²) in [6, 6.07) is 5.33. The maximum absolute atomic E-state index is 7.34. The van der Waals surface area contributed by atoms with Crippen molar-refractivity contribution in [3.8, 4) is 5.75 Å². The highest BCUT2D eigenvalue weighted by Gasteiger charge is 2.07. The van der Waals surface area contributed by atoms with E-state index >= 15 is 0 Å². The molecule has 0 amide bonds. The van der Waals surface area contributed by atoms with Gasteiger partial charge in [0.25, 0.3) is 0 Å². The fourth-order valence-corrected chi connectivity index (χ4v) is 1.86. The van der Waals surface area contributed by atoms with Crippen molar-refractivity contribution in [1.82, 2.24) is 0 Å². The summed E-state index contributed by atoms with van der Waals surface area (Å²) in [6.07, 6.45) is -0.0138. The van der Waals surface area contributed by atoms with Crippen LogP contribution in [0.3, 0.4) is 0 Å². The number of hydrogen-bond donors (Lipinski definition) is 2. The third-order valence-corrected chi connectivity index (χ3v) is 2.63. The van der Waals surface area contributed by atoms with Crippen LogP contribution in [0.25, 0.3) is 0 Å². The number of nitrogens with one attached hydrogen (secondary N) is 1. The van der Waals surface area contributed by atoms with Crippen molar-refractivity contribution in [3.63, 3.8) is 0 Å². The molecule has 0 aliphatic heterocycles. The first-order chi connectivity index (χ1) is 7.54. The van der Waals surface area contributed by atoms with Crippen LogP contribution < -0.4 is 10.5 Å². The van der Waals surface area contributed by atoms with Gasteiger partial charge >= 0.3 is 0 Å². The first-order valence-corrected chi connectivity index (χ1v) is 5.63. The molecule has 0 fully saturated rings. The van der Waals surface area contributed by atoms with Crippen LogP contribution in [0.4, 0.5) is 0 Å². The van der Waals surface area contributed by atoms with Crippen molar-refractivity contribution in [3.05, 3.63) is 28.2 Å². The average molecular weight is 287 g/mol. The molecule has 0 spiro atoms. The molecule has 88 valence electrons. The van der Waals surface area contributed by atoms with Gasteiger partial charge in [-0.25, -0.2) is 0 Å². The quantitative estimate of drug-likeness (QED) is 0.644. The first-order valence-electron chi connectivity index (χ1n) is 4.84. The Balaban J connectivity index is 2.77. The number of methoxy groups -OCH3 is 1. The Kier molecular flexibility index (Phi) is 4.76. The third kappa shape index (κ3) is 3.50. The van der Waals surface area contributed by atoms with Crippen molar-refractivity contribution in [2.45, 2.75) is 13.0 Å². The van der Waals surface area contributed by atoms with Crippen molar-refractivity contribution < 1.29 is 9.47 Å². The molecule has 5 heteroatoms. The molecule has 0 bridgehead atoms. The van der Waals surface area contributed by atoms with Crippen LogP contribution in [0.15, 0.2) is 22.7 Å². The summed E-state index contributed by atoms with van der Waals surface area (Å²) < 4.78 is 11.3. The summed E-state index contributed by atoms with van der Waals surface area (Å²) in [5, 5.41) is 7.34. The Morgan fingerprint density at radius 3 is 2.75 bits per heavy atom. The molecule has 1 rings (SSSR count). The molecular formula is C11H15BrN2O2. The number of ether oxygens (including phenoxy) is 2. The monoisotopic (exact) mass is 286 g/mol. The number of hydrogen-bond acceptors (Lipinski definition) is 3. The number of amidine groups is 1. The molecule has 0 saturated carbocycles. The zero-order valence-electron chi connectivity index (χ0n) is 9.29. The van der Waals surface area contributed by atoms with E-state index in [4.69, 9.17) is 20.6 Å². The molecule has 0 aliphatic rings. The summed E-state index contributed by atoms with van der Waals surface area (Å²) in [7, 11) is 1.63. The zero-order chi connectivity index (χ0) is 12.1. The highest BCUT2D eigenvalue weighted by Crippen LogP contribution is 2.23. The maximum atomic E-state index is 7.34. The van der Waals surface area contributed by atoms with E-state index in [2.05, 4.69) is 15.9 Å². The van der Waals surface area contributed by atoms with Crippen LogP contribution in [-0.2, 0) is 4.74 Å². The number of nitrogens with two attached hydrogens (primary N) is 1. The lowest BCUT2D eigenvalue weighted by Crippen LogP contribution is -2.18. The smallest absolute Gasteiger partial charge is 0.123 e. The minimum Gasteiger partial charge on any atom is -0.488 e. The minimum atomic E-state index is -0.0138. The summed E-state index contributed by atoms with van der Waals surface area (Å²) in [5.74, 6) is 0.754. The van der Waals surface area contributed by atoms with E-state index in [1.54, 1.807) is 25.3 Å². The predicted molar refractivity (Wildman–Crippen MR) is 67.1 cm³/mol. The lowest BCUT2D eigenvalue weighted by molar-refractivity contribution is 0.0920. The molecule has 0 aliphatic carbocycles. The number of halogens is 1. The lowest BCUT2D eigenvalue weighted by atomic mass is 10.2. The fourth-order valence-electron chi connectivity index (χ4n) is 1.29. The Bertz CT molecular complexity index is 382. The lowest BCUT2D eigenvalue weighted by Gasteiger charge is -2.14. The van der Waals surface area contributed by atoms with Gasteiger partial charge in [0.05, 0.1) is 6.61 Å². The van der Waals surface area contributed by atoms with Gasteiger partial charge < -0.3 is 15.2 Å². The van der Waals surface area contributed by atoms with Gasteiger partial charge in [-0.05, 0) is 41.1 Å². The SMILES string of the molecule is COCC(C)Oc1ccc(C(=N)N)c(Br)c1. The molecule has 1 unspecified atom stereocenters. The van der Waals surface area contributed by atoms with E-state index in [9.17, 15) is 0 Å². The highest BCUT2D eigenvalue weighted by molar-refractivity contribution is 9.10. The van der Waals surface area contributed by atoms with Gasteiger partial charge in [-0.1, -0.05) is 0 Å². The third-order valence-electron chi connectivity index (χ3n) is 1.97. The molecule has 1 aromatic carbocycles. The second-order valence-corrected chi connectivity index (χ2v) is 4.29. The molecule has 0 aromatic heterocycles. The summed E-state index contributed by atoms with van der Waals surface area (Å²) >= 11 is 3.34. The van der Waals surface area contributed by atoms with Gasteiger partial charge in [0.15, 0.2) is 0 Å². The Hall–Kier alpha value is -1.07. The van der Waals surface area contributed by atoms with Gasteiger partial charge in [0.1, 0.15) is 17.7 Å². The number of rotatable bonds is 5. The molecule has 1 atom stereocenters. The van der Waals surface area contributed by atoms with Crippen molar-refractivity contribution in [1.29, 1.82) is 5.41 Å². The number of benzene rings is 1. The molecule has 0 heterocycles. The molecule has 16 heavy (non-hydrogen) atoms. The van der Waals surface area contributed by atoms with E-state index in [-0.39, 0.29) is 11.9 Å². The van der Waals surface area contributed by atoms with E-state index in [1.165, 1.54) is 0 Å². The highest BCUT2D eigenvalue weighted by atomic mass is 79.9. The maximum Gasteiger partial charge on any atom is 0.123 e. The molecular weight excluding hydrogens is 272 g/mol. The summed E-state index contributed by atoms with van der Waals surface area (Å²) in [4.78, 5) is 0. The van der Waals surface area contributed by atoms with Crippen LogP contribution in [0.2, 0.25) is 0 Å². The van der Waals surface area contributed by atoms with Crippen LogP contribution in [0.1, 0.15) is 12.5 Å². The summed E-state index contributed by atoms with van der Waals surface area (Å²) in [6.45, 7) is 2.46. The van der Waals surface area contributed by atoms with Gasteiger partial charge in [-0.2, -0.15) is 0 Å². The van der Waals surface area contributed by atoms with Crippen molar-refractivity contribution >= 4 is 21.8 Å². The van der Waals surface area contributed by atoms with Crippen LogP contribution in [0.5, 0.6) is 5.75 Å².